The van der Waals surface area contributed by atoms with Crippen molar-refractivity contribution in [1.29, 1.82) is 0 Å². The highest BCUT2D eigenvalue weighted by atomic mass is 16.4. The fraction of sp³-hybridized carbons (Fsp3) is 0.500. The first-order valence-corrected chi connectivity index (χ1v) is 10.8. The van der Waals surface area contributed by atoms with Crippen LogP contribution in [0.3, 0.4) is 0 Å². The van der Waals surface area contributed by atoms with E-state index in [1.807, 2.05) is 0 Å². The number of carbonyl (C=O) groups excluding carboxylic acids is 4. The maximum absolute atomic E-state index is 12.9. The molecule has 34 heavy (non-hydrogen) atoms. The van der Waals surface area contributed by atoms with E-state index >= 15 is 0 Å². The van der Waals surface area contributed by atoms with Crippen molar-refractivity contribution in [2.24, 2.45) is 17.4 Å². The number of carboxylic acids is 1. The molecule has 0 aliphatic carbocycles. The largest absolute Gasteiger partial charge is 0.480 e. The number of aliphatic carboxylic acids is 1. The van der Waals surface area contributed by atoms with E-state index in [0.29, 0.717) is 5.56 Å². The molecule has 1 aromatic rings. The van der Waals surface area contributed by atoms with Gasteiger partial charge in [-0.2, -0.15) is 0 Å². The first-order chi connectivity index (χ1) is 16.0. The van der Waals surface area contributed by atoms with Gasteiger partial charge < -0.3 is 37.6 Å². The van der Waals surface area contributed by atoms with Crippen LogP contribution < -0.4 is 27.4 Å². The van der Waals surface area contributed by atoms with Gasteiger partial charge in [0.05, 0.1) is 12.6 Å². The van der Waals surface area contributed by atoms with Gasteiger partial charge in [-0.25, -0.2) is 4.79 Å². The molecule has 1 rings (SSSR count). The summed E-state index contributed by atoms with van der Waals surface area (Å²) in [4.78, 5) is 60.2. The van der Waals surface area contributed by atoms with Crippen molar-refractivity contribution in [2.75, 3.05) is 6.61 Å². The average Bonchev–Trinajstić information content (AvgIpc) is 2.78. The van der Waals surface area contributed by atoms with Crippen LogP contribution in [0.25, 0.3) is 0 Å². The summed E-state index contributed by atoms with van der Waals surface area (Å²) in [5, 5.41) is 26.1. The Morgan fingerprint density at radius 1 is 0.912 bits per heavy atom. The fourth-order valence-electron chi connectivity index (χ4n) is 3.00. The van der Waals surface area contributed by atoms with Crippen LogP contribution in [0.5, 0.6) is 0 Å². The van der Waals surface area contributed by atoms with Gasteiger partial charge in [0.15, 0.2) is 0 Å². The van der Waals surface area contributed by atoms with Crippen LogP contribution in [0.2, 0.25) is 0 Å². The summed E-state index contributed by atoms with van der Waals surface area (Å²) in [5.41, 5.74) is 11.4. The number of nitrogens with one attached hydrogen (secondary N) is 3. The molecule has 12 heteroatoms. The molecule has 4 atom stereocenters. The normalized spacial score (nSPS) is 14.4. The molecule has 0 radical (unpaired) electrons. The van der Waals surface area contributed by atoms with Gasteiger partial charge in [-0.15, -0.1) is 0 Å². The zero-order valence-corrected chi connectivity index (χ0v) is 19.2. The van der Waals surface area contributed by atoms with Gasteiger partial charge in [0, 0.05) is 12.8 Å². The Balaban J connectivity index is 2.97. The van der Waals surface area contributed by atoms with E-state index in [9.17, 15) is 34.2 Å². The Labute approximate surface area is 197 Å². The molecule has 188 valence electrons. The molecule has 0 spiro atoms. The molecule has 0 fully saturated rings. The summed E-state index contributed by atoms with van der Waals surface area (Å²) >= 11 is 0. The first kappa shape index (κ1) is 28.5. The topological polar surface area (TPSA) is 214 Å². The van der Waals surface area contributed by atoms with Crippen LogP contribution in [0.4, 0.5) is 0 Å². The molecule has 0 aromatic heterocycles. The summed E-state index contributed by atoms with van der Waals surface area (Å²) in [6, 6.07) is 3.77. The van der Waals surface area contributed by atoms with E-state index in [-0.39, 0.29) is 19.3 Å². The molecule has 0 saturated heterocycles. The average molecular weight is 480 g/mol. The second-order valence-electron chi connectivity index (χ2n) is 8.17. The lowest BCUT2D eigenvalue weighted by atomic mass is 10.0. The van der Waals surface area contributed by atoms with Crippen LogP contribution >= 0.6 is 0 Å². The molecular formula is C22H33N5O7. The molecule has 9 N–H and O–H groups in total. The number of rotatable bonds is 14. The van der Waals surface area contributed by atoms with Gasteiger partial charge in [0.2, 0.25) is 23.6 Å². The van der Waals surface area contributed by atoms with Crippen LogP contribution in [0.1, 0.15) is 32.3 Å². The van der Waals surface area contributed by atoms with Crippen molar-refractivity contribution < 1.29 is 34.2 Å². The van der Waals surface area contributed by atoms with E-state index in [1.165, 1.54) is 0 Å². The second kappa shape index (κ2) is 13.9. The van der Waals surface area contributed by atoms with E-state index < -0.39 is 66.3 Å². The molecule has 0 bridgehead atoms. The Morgan fingerprint density at radius 2 is 1.47 bits per heavy atom. The SMILES string of the molecule is CC(C)C(NC(=O)C(Cc1ccccc1)NC(=O)C(CO)NC(=O)C(N)CCC(N)=O)C(=O)O. The number of carboxylic acid groups (broad SMARTS) is 1. The molecule has 0 aliphatic heterocycles. The smallest absolute Gasteiger partial charge is 0.326 e. The first-order valence-electron chi connectivity index (χ1n) is 10.8. The van der Waals surface area contributed by atoms with E-state index in [0.717, 1.165) is 0 Å². The van der Waals surface area contributed by atoms with Crippen LogP contribution in [0, 0.1) is 5.92 Å². The Kier molecular flexibility index (Phi) is 11.7. The predicted octanol–water partition coefficient (Wildman–Crippen LogP) is -1.99. The van der Waals surface area contributed by atoms with Crippen molar-refractivity contribution in [3.63, 3.8) is 0 Å². The van der Waals surface area contributed by atoms with E-state index in [4.69, 9.17) is 11.5 Å². The minimum absolute atomic E-state index is 0.0348. The molecule has 0 aliphatic rings. The van der Waals surface area contributed by atoms with E-state index in [2.05, 4.69) is 16.0 Å². The molecule has 1 aromatic carbocycles. The number of carbonyl (C=O) groups is 5. The molecule has 4 amide bonds. The van der Waals surface area contributed by atoms with Gasteiger partial charge in [-0.1, -0.05) is 44.2 Å². The summed E-state index contributed by atoms with van der Waals surface area (Å²) in [6.07, 6.45) is -0.149. The Bertz CT molecular complexity index is 862. The van der Waals surface area contributed by atoms with Crippen molar-refractivity contribution >= 4 is 29.6 Å². The lowest BCUT2D eigenvalue weighted by molar-refractivity contribution is -0.143. The van der Waals surface area contributed by atoms with Crippen molar-refractivity contribution in [3.05, 3.63) is 35.9 Å². The fourth-order valence-corrected chi connectivity index (χ4v) is 3.00. The molecule has 0 heterocycles. The minimum atomic E-state index is -1.43. The zero-order valence-electron chi connectivity index (χ0n) is 19.2. The molecule has 4 unspecified atom stereocenters. The van der Waals surface area contributed by atoms with Crippen LogP contribution in [-0.4, -0.2) is 70.6 Å². The van der Waals surface area contributed by atoms with Crippen LogP contribution in [-0.2, 0) is 30.4 Å². The van der Waals surface area contributed by atoms with Crippen molar-refractivity contribution in [2.45, 2.75) is 57.3 Å². The highest BCUT2D eigenvalue weighted by Crippen LogP contribution is 2.07. The summed E-state index contributed by atoms with van der Waals surface area (Å²) in [6.45, 7) is 2.47. The third kappa shape index (κ3) is 9.55. The lowest BCUT2D eigenvalue weighted by Crippen LogP contribution is -2.59. The van der Waals surface area contributed by atoms with Gasteiger partial charge in [-0.05, 0) is 17.9 Å². The highest BCUT2D eigenvalue weighted by Gasteiger charge is 2.31. The van der Waals surface area contributed by atoms with Crippen molar-refractivity contribution in [1.82, 2.24) is 16.0 Å². The molecular weight excluding hydrogens is 446 g/mol. The molecule has 12 nitrogen and oxygen atoms in total. The Hall–Kier alpha value is -3.51. The minimum Gasteiger partial charge on any atom is -0.480 e. The third-order valence-corrected chi connectivity index (χ3v) is 5.00. The zero-order chi connectivity index (χ0) is 25.8. The number of hydrogen-bond donors (Lipinski definition) is 7. The number of aliphatic hydroxyl groups is 1. The van der Waals surface area contributed by atoms with Gasteiger partial charge in [-0.3, -0.25) is 19.2 Å². The molecule has 0 saturated carbocycles. The summed E-state index contributed by atoms with van der Waals surface area (Å²) in [5.74, 6) is -4.68. The third-order valence-electron chi connectivity index (χ3n) is 5.00. The van der Waals surface area contributed by atoms with Gasteiger partial charge in [0.25, 0.3) is 0 Å². The number of amides is 4. The van der Waals surface area contributed by atoms with Crippen molar-refractivity contribution in [3.8, 4) is 0 Å². The number of nitrogens with two attached hydrogens (primary N) is 2. The highest BCUT2D eigenvalue weighted by molar-refractivity contribution is 5.94. The quantitative estimate of drug-likeness (QED) is 0.158. The predicted molar refractivity (Wildman–Crippen MR) is 122 cm³/mol. The Morgan fingerprint density at radius 3 is 1.97 bits per heavy atom. The number of aliphatic hydroxyl groups excluding tert-OH is 1. The van der Waals surface area contributed by atoms with Gasteiger partial charge >= 0.3 is 5.97 Å². The second-order valence-corrected chi connectivity index (χ2v) is 8.17. The maximum Gasteiger partial charge on any atom is 0.326 e. The van der Waals surface area contributed by atoms with Crippen LogP contribution in [0.15, 0.2) is 30.3 Å². The number of benzene rings is 1. The number of hydrogen-bond acceptors (Lipinski definition) is 7. The van der Waals surface area contributed by atoms with Gasteiger partial charge in [0.1, 0.15) is 18.1 Å². The maximum atomic E-state index is 12.9. The monoisotopic (exact) mass is 479 g/mol. The van der Waals surface area contributed by atoms with E-state index in [1.54, 1.807) is 44.2 Å². The standard InChI is InChI=1S/C22H33N5O7/c1-12(2)18(22(33)34)27-20(31)15(10-13-6-4-3-5-7-13)25-21(32)16(11-28)26-19(30)14(23)8-9-17(24)29/h3-7,12,14-16,18,28H,8-11,23H2,1-2H3,(H2,24,29)(H,25,32)(H,26,30)(H,27,31)(H,33,34). The summed E-state index contributed by atoms with van der Waals surface area (Å²) < 4.78 is 0. The number of primary amides is 1. The summed E-state index contributed by atoms with van der Waals surface area (Å²) in [7, 11) is 0. The lowest BCUT2D eigenvalue weighted by Gasteiger charge is -2.25.